The highest BCUT2D eigenvalue weighted by atomic mass is 79.9. The number of amides is 1. The SMILES string of the molecule is CCOC(=O)Cc1csc(NC(=O)COc2cccc(Br)c2)n1. The summed E-state index contributed by atoms with van der Waals surface area (Å²) in [5.41, 5.74) is 0.566. The summed E-state index contributed by atoms with van der Waals surface area (Å²) in [5, 5.41) is 4.77. The summed E-state index contributed by atoms with van der Waals surface area (Å²) in [6, 6.07) is 7.22. The van der Waals surface area contributed by atoms with Crippen LogP contribution in [0.4, 0.5) is 5.13 Å². The smallest absolute Gasteiger partial charge is 0.311 e. The lowest BCUT2D eigenvalue weighted by Gasteiger charge is -2.06. The van der Waals surface area contributed by atoms with E-state index in [1.54, 1.807) is 24.4 Å². The van der Waals surface area contributed by atoms with E-state index in [1.807, 2.05) is 12.1 Å². The van der Waals surface area contributed by atoms with E-state index in [1.165, 1.54) is 11.3 Å². The molecule has 0 radical (unpaired) electrons. The quantitative estimate of drug-likeness (QED) is 0.725. The van der Waals surface area contributed by atoms with Gasteiger partial charge in [-0.3, -0.25) is 14.9 Å². The highest BCUT2D eigenvalue weighted by Crippen LogP contribution is 2.18. The minimum atomic E-state index is -0.339. The maximum absolute atomic E-state index is 11.8. The largest absolute Gasteiger partial charge is 0.484 e. The minimum Gasteiger partial charge on any atom is -0.484 e. The lowest BCUT2D eigenvalue weighted by Crippen LogP contribution is -2.20. The van der Waals surface area contributed by atoms with Crippen LogP contribution in [0.15, 0.2) is 34.1 Å². The number of nitrogens with one attached hydrogen (secondary N) is 1. The number of carbonyl (C=O) groups is 2. The molecule has 0 aliphatic heterocycles. The average molecular weight is 399 g/mol. The molecule has 1 aromatic heterocycles. The van der Waals surface area contributed by atoms with Gasteiger partial charge in [-0.15, -0.1) is 11.3 Å². The zero-order valence-electron chi connectivity index (χ0n) is 12.4. The molecule has 0 aliphatic rings. The number of esters is 1. The summed E-state index contributed by atoms with van der Waals surface area (Å²) in [4.78, 5) is 27.4. The van der Waals surface area contributed by atoms with Crippen LogP contribution in [0.25, 0.3) is 0 Å². The first-order valence-corrected chi connectivity index (χ1v) is 8.52. The van der Waals surface area contributed by atoms with Gasteiger partial charge in [0.15, 0.2) is 11.7 Å². The van der Waals surface area contributed by atoms with Gasteiger partial charge < -0.3 is 9.47 Å². The maximum Gasteiger partial charge on any atom is 0.311 e. The number of anilines is 1. The van der Waals surface area contributed by atoms with E-state index in [4.69, 9.17) is 9.47 Å². The van der Waals surface area contributed by atoms with Gasteiger partial charge in [-0.1, -0.05) is 22.0 Å². The number of benzene rings is 1. The summed E-state index contributed by atoms with van der Waals surface area (Å²) in [7, 11) is 0. The molecular formula is C15H15BrN2O4S. The van der Waals surface area contributed by atoms with Crippen LogP contribution in [0.2, 0.25) is 0 Å². The van der Waals surface area contributed by atoms with Gasteiger partial charge in [-0.2, -0.15) is 0 Å². The molecule has 8 heteroatoms. The van der Waals surface area contributed by atoms with Crippen molar-refractivity contribution in [2.45, 2.75) is 13.3 Å². The normalized spacial score (nSPS) is 10.2. The van der Waals surface area contributed by atoms with Crippen LogP contribution in [-0.2, 0) is 20.7 Å². The number of carbonyl (C=O) groups excluding carboxylic acids is 2. The second kappa shape index (κ2) is 8.64. The van der Waals surface area contributed by atoms with E-state index >= 15 is 0 Å². The van der Waals surface area contributed by atoms with Gasteiger partial charge in [-0.05, 0) is 25.1 Å². The van der Waals surface area contributed by atoms with Crippen molar-refractivity contribution in [3.05, 3.63) is 39.8 Å². The minimum absolute atomic E-state index is 0.0920. The van der Waals surface area contributed by atoms with Gasteiger partial charge in [0.2, 0.25) is 0 Å². The number of aromatic nitrogens is 1. The monoisotopic (exact) mass is 398 g/mol. The van der Waals surface area contributed by atoms with Crippen LogP contribution in [0.1, 0.15) is 12.6 Å². The second-order valence-corrected chi connectivity index (χ2v) is 6.19. The Balaban J connectivity index is 1.81. The molecule has 2 rings (SSSR count). The van der Waals surface area contributed by atoms with Crippen LogP contribution in [-0.4, -0.2) is 30.1 Å². The van der Waals surface area contributed by atoms with Crippen molar-refractivity contribution in [1.82, 2.24) is 4.98 Å². The Hall–Kier alpha value is -1.93. The van der Waals surface area contributed by atoms with E-state index < -0.39 is 0 Å². The van der Waals surface area contributed by atoms with Gasteiger partial charge in [0, 0.05) is 9.85 Å². The molecule has 1 N–H and O–H groups in total. The standard InChI is InChI=1S/C15H15BrN2O4S/c1-2-21-14(20)7-11-9-23-15(17-11)18-13(19)8-22-12-5-3-4-10(16)6-12/h3-6,9H,2,7-8H2,1H3,(H,17,18,19). The molecule has 23 heavy (non-hydrogen) atoms. The third-order valence-electron chi connectivity index (χ3n) is 2.59. The van der Waals surface area contributed by atoms with Crippen molar-refractivity contribution in [3.63, 3.8) is 0 Å². The van der Waals surface area contributed by atoms with Crippen LogP contribution in [0.5, 0.6) is 5.75 Å². The van der Waals surface area contributed by atoms with Crippen LogP contribution < -0.4 is 10.1 Å². The predicted molar refractivity (Wildman–Crippen MR) is 90.7 cm³/mol. The highest BCUT2D eigenvalue weighted by Gasteiger charge is 2.11. The number of thiazole rings is 1. The lowest BCUT2D eigenvalue weighted by molar-refractivity contribution is -0.142. The van der Waals surface area contributed by atoms with Gasteiger partial charge in [0.1, 0.15) is 5.75 Å². The van der Waals surface area contributed by atoms with Crippen molar-refractivity contribution < 1.29 is 19.1 Å². The van der Waals surface area contributed by atoms with Crippen LogP contribution in [0, 0.1) is 0 Å². The molecule has 0 saturated carbocycles. The number of hydrogen-bond donors (Lipinski definition) is 1. The molecular weight excluding hydrogens is 384 g/mol. The Morgan fingerprint density at radius 3 is 2.96 bits per heavy atom. The second-order valence-electron chi connectivity index (χ2n) is 4.42. The summed E-state index contributed by atoms with van der Waals surface area (Å²) in [6.07, 6.45) is 0.0920. The number of hydrogen-bond acceptors (Lipinski definition) is 6. The number of nitrogens with zero attached hydrogens (tertiary/aromatic N) is 1. The first-order valence-electron chi connectivity index (χ1n) is 6.85. The first-order chi connectivity index (χ1) is 11.1. The third-order valence-corrected chi connectivity index (χ3v) is 3.89. The Bertz CT molecular complexity index is 690. The molecule has 0 fully saturated rings. The molecule has 122 valence electrons. The van der Waals surface area contributed by atoms with Crippen molar-refractivity contribution in [2.24, 2.45) is 0 Å². The van der Waals surface area contributed by atoms with Crippen molar-refractivity contribution in [2.75, 3.05) is 18.5 Å². The summed E-state index contributed by atoms with van der Waals surface area (Å²) in [5.74, 6) is -0.0626. The first kappa shape index (κ1) is 17.4. The van der Waals surface area contributed by atoms with E-state index in [0.717, 1.165) is 4.47 Å². The van der Waals surface area contributed by atoms with Crippen LogP contribution >= 0.6 is 27.3 Å². The van der Waals surface area contributed by atoms with E-state index in [9.17, 15) is 9.59 Å². The van der Waals surface area contributed by atoms with Crippen molar-refractivity contribution in [1.29, 1.82) is 0 Å². The molecule has 0 aliphatic carbocycles. The molecule has 1 amide bonds. The summed E-state index contributed by atoms with van der Waals surface area (Å²) in [6.45, 7) is 1.96. The molecule has 1 aromatic carbocycles. The molecule has 0 bridgehead atoms. The predicted octanol–water partition coefficient (Wildman–Crippen LogP) is 3.03. The summed E-state index contributed by atoms with van der Waals surface area (Å²) >= 11 is 4.58. The molecule has 0 unspecified atom stereocenters. The molecule has 6 nitrogen and oxygen atoms in total. The fraction of sp³-hybridized carbons (Fsp3) is 0.267. The zero-order chi connectivity index (χ0) is 16.7. The van der Waals surface area contributed by atoms with Gasteiger partial charge in [0.05, 0.1) is 18.7 Å². The topological polar surface area (TPSA) is 77.5 Å². The highest BCUT2D eigenvalue weighted by molar-refractivity contribution is 9.10. The third kappa shape index (κ3) is 5.99. The zero-order valence-corrected chi connectivity index (χ0v) is 14.8. The molecule has 2 aromatic rings. The number of halogens is 1. The van der Waals surface area contributed by atoms with E-state index in [2.05, 4.69) is 26.2 Å². The maximum atomic E-state index is 11.8. The van der Waals surface area contributed by atoms with Gasteiger partial charge in [-0.25, -0.2) is 4.98 Å². The molecule has 0 saturated heterocycles. The molecule has 1 heterocycles. The van der Waals surface area contributed by atoms with Crippen molar-refractivity contribution in [3.8, 4) is 5.75 Å². The Kier molecular flexibility index (Phi) is 6.54. The number of rotatable bonds is 7. The number of ether oxygens (including phenoxy) is 2. The Labute approximate surface area is 146 Å². The Morgan fingerprint density at radius 2 is 2.22 bits per heavy atom. The summed E-state index contributed by atoms with van der Waals surface area (Å²) < 4.78 is 11.1. The van der Waals surface area contributed by atoms with E-state index in [-0.39, 0.29) is 24.9 Å². The lowest BCUT2D eigenvalue weighted by atomic mass is 10.3. The fourth-order valence-corrected chi connectivity index (χ4v) is 2.77. The average Bonchev–Trinajstić information content (AvgIpc) is 2.92. The van der Waals surface area contributed by atoms with Gasteiger partial charge in [0.25, 0.3) is 5.91 Å². The Morgan fingerprint density at radius 1 is 1.39 bits per heavy atom. The van der Waals surface area contributed by atoms with Crippen LogP contribution in [0.3, 0.4) is 0 Å². The van der Waals surface area contributed by atoms with E-state index in [0.29, 0.717) is 23.2 Å². The molecule has 0 spiro atoms. The molecule has 0 atom stereocenters. The fourth-order valence-electron chi connectivity index (χ4n) is 1.67. The van der Waals surface area contributed by atoms with Crippen molar-refractivity contribution >= 4 is 44.3 Å². The van der Waals surface area contributed by atoms with Gasteiger partial charge >= 0.3 is 5.97 Å².